The van der Waals surface area contributed by atoms with Gasteiger partial charge in [-0.2, -0.15) is 0 Å². The van der Waals surface area contributed by atoms with Gasteiger partial charge in [0.2, 0.25) is 0 Å². The molecule has 1 nitrogen and oxygen atoms in total. The monoisotopic (exact) mass is 183 g/mol. The first-order chi connectivity index (χ1) is 6.22. The molecule has 0 bridgehead atoms. The van der Waals surface area contributed by atoms with E-state index in [0.29, 0.717) is 6.04 Å². The van der Waals surface area contributed by atoms with E-state index in [2.05, 4.69) is 13.8 Å². The largest absolute Gasteiger partial charge is 0.328 e. The van der Waals surface area contributed by atoms with Gasteiger partial charge in [-0.3, -0.25) is 0 Å². The van der Waals surface area contributed by atoms with Crippen molar-refractivity contribution in [3.8, 4) is 0 Å². The summed E-state index contributed by atoms with van der Waals surface area (Å²) in [5.41, 5.74) is 5.78. The van der Waals surface area contributed by atoms with Crippen molar-refractivity contribution in [2.45, 2.75) is 64.8 Å². The molecule has 3 atom stereocenters. The van der Waals surface area contributed by atoms with Gasteiger partial charge in [-0.25, -0.2) is 0 Å². The fourth-order valence-electron chi connectivity index (χ4n) is 2.53. The summed E-state index contributed by atoms with van der Waals surface area (Å²) in [6, 6.07) is 0.405. The van der Waals surface area contributed by atoms with Crippen LogP contribution in [0.15, 0.2) is 0 Å². The van der Waals surface area contributed by atoms with E-state index in [-0.39, 0.29) is 0 Å². The Kier molecular flexibility index (Phi) is 4.79. The molecule has 1 heteroatoms. The molecule has 3 unspecified atom stereocenters. The van der Waals surface area contributed by atoms with Gasteiger partial charge in [-0.05, 0) is 38.0 Å². The standard InChI is InChI=1S/C12H25N/c1-3-11-5-4-6-12(9-11)8-7-10(2)13/h10-12H,3-9,13H2,1-2H3. The van der Waals surface area contributed by atoms with E-state index in [1.165, 1.54) is 44.9 Å². The van der Waals surface area contributed by atoms with Crippen LogP contribution in [0.25, 0.3) is 0 Å². The molecule has 0 aliphatic heterocycles. The molecule has 1 fully saturated rings. The van der Waals surface area contributed by atoms with Gasteiger partial charge in [0.25, 0.3) is 0 Å². The maximum Gasteiger partial charge on any atom is 0.00105 e. The van der Waals surface area contributed by atoms with Crippen LogP contribution in [0.4, 0.5) is 0 Å². The molecule has 1 saturated carbocycles. The van der Waals surface area contributed by atoms with Gasteiger partial charge in [0, 0.05) is 6.04 Å². The average Bonchev–Trinajstić information content (AvgIpc) is 2.15. The van der Waals surface area contributed by atoms with Crippen LogP contribution >= 0.6 is 0 Å². The van der Waals surface area contributed by atoms with Crippen molar-refractivity contribution < 1.29 is 0 Å². The molecule has 0 amide bonds. The van der Waals surface area contributed by atoms with Crippen LogP contribution in [0.1, 0.15) is 58.8 Å². The molecule has 0 aromatic heterocycles. The lowest BCUT2D eigenvalue weighted by molar-refractivity contribution is 0.243. The Morgan fingerprint density at radius 3 is 2.62 bits per heavy atom. The van der Waals surface area contributed by atoms with E-state index in [1.807, 2.05) is 0 Å². The topological polar surface area (TPSA) is 26.0 Å². The Morgan fingerprint density at radius 2 is 2.00 bits per heavy atom. The van der Waals surface area contributed by atoms with Gasteiger partial charge < -0.3 is 5.73 Å². The van der Waals surface area contributed by atoms with E-state index in [9.17, 15) is 0 Å². The molecule has 0 heterocycles. The zero-order valence-corrected chi connectivity index (χ0v) is 9.26. The van der Waals surface area contributed by atoms with Crippen molar-refractivity contribution in [2.75, 3.05) is 0 Å². The first-order valence-corrected chi connectivity index (χ1v) is 5.98. The Labute approximate surface area is 83.1 Å². The molecule has 2 N–H and O–H groups in total. The third kappa shape index (κ3) is 4.12. The summed E-state index contributed by atoms with van der Waals surface area (Å²) < 4.78 is 0. The average molecular weight is 183 g/mol. The minimum absolute atomic E-state index is 0.405. The summed E-state index contributed by atoms with van der Waals surface area (Å²) in [6.07, 6.45) is 9.85. The predicted octanol–water partition coefficient (Wildman–Crippen LogP) is 3.33. The van der Waals surface area contributed by atoms with Gasteiger partial charge in [0.15, 0.2) is 0 Å². The third-order valence-electron chi connectivity index (χ3n) is 3.50. The molecule has 1 rings (SSSR count). The highest BCUT2D eigenvalue weighted by Gasteiger charge is 2.20. The van der Waals surface area contributed by atoms with Crippen molar-refractivity contribution in [3.05, 3.63) is 0 Å². The van der Waals surface area contributed by atoms with Gasteiger partial charge >= 0.3 is 0 Å². The molecule has 1 aliphatic rings. The molecule has 0 aromatic rings. The van der Waals surface area contributed by atoms with Gasteiger partial charge in [-0.1, -0.05) is 32.6 Å². The van der Waals surface area contributed by atoms with Crippen molar-refractivity contribution in [2.24, 2.45) is 17.6 Å². The van der Waals surface area contributed by atoms with Crippen LogP contribution in [0, 0.1) is 11.8 Å². The van der Waals surface area contributed by atoms with Gasteiger partial charge in [-0.15, -0.1) is 0 Å². The lowest BCUT2D eigenvalue weighted by atomic mass is 9.78. The van der Waals surface area contributed by atoms with Crippen molar-refractivity contribution in [1.29, 1.82) is 0 Å². The fraction of sp³-hybridized carbons (Fsp3) is 1.00. The van der Waals surface area contributed by atoms with Crippen molar-refractivity contribution >= 4 is 0 Å². The zero-order valence-electron chi connectivity index (χ0n) is 9.26. The summed E-state index contributed by atoms with van der Waals surface area (Å²) >= 11 is 0. The Morgan fingerprint density at radius 1 is 1.31 bits per heavy atom. The molecule has 0 spiro atoms. The fourth-order valence-corrected chi connectivity index (χ4v) is 2.53. The van der Waals surface area contributed by atoms with Crippen LogP contribution in [-0.2, 0) is 0 Å². The third-order valence-corrected chi connectivity index (χ3v) is 3.50. The lowest BCUT2D eigenvalue weighted by Gasteiger charge is -2.28. The maximum absolute atomic E-state index is 5.78. The zero-order chi connectivity index (χ0) is 9.68. The van der Waals surface area contributed by atoms with Crippen LogP contribution in [0.5, 0.6) is 0 Å². The molecule has 78 valence electrons. The van der Waals surface area contributed by atoms with Gasteiger partial charge in [0.05, 0.1) is 0 Å². The van der Waals surface area contributed by atoms with Crippen LogP contribution in [-0.4, -0.2) is 6.04 Å². The molecular weight excluding hydrogens is 158 g/mol. The predicted molar refractivity (Wildman–Crippen MR) is 58.6 cm³/mol. The molecule has 13 heavy (non-hydrogen) atoms. The normalized spacial score (nSPS) is 31.6. The van der Waals surface area contributed by atoms with Crippen LogP contribution < -0.4 is 5.73 Å². The van der Waals surface area contributed by atoms with E-state index in [1.54, 1.807) is 0 Å². The minimum atomic E-state index is 0.405. The van der Waals surface area contributed by atoms with Crippen LogP contribution in [0.3, 0.4) is 0 Å². The molecule has 0 aromatic carbocycles. The Balaban J connectivity index is 2.18. The molecular formula is C12H25N. The highest BCUT2D eigenvalue weighted by molar-refractivity contribution is 4.73. The second kappa shape index (κ2) is 5.64. The summed E-state index contributed by atoms with van der Waals surface area (Å²) in [5, 5.41) is 0. The first kappa shape index (κ1) is 11.0. The number of hydrogen-bond donors (Lipinski definition) is 1. The smallest absolute Gasteiger partial charge is 0.00105 e. The molecule has 0 saturated heterocycles. The quantitative estimate of drug-likeness (QED) is 0.711. The number of nitrogens with two attached hydrogens (primary N) is 1. The van der Waals surface area contributed by atoms with E-state index < -0.39 is 0 Å². The first-order valence-electron chi connectivity index (χ1n) is 5.98. The minimum Gasteiger partial charge on any atom is -0.328 e. The summed E-state index contributed by atoms with van der Waals surface area (Å²) in [4.78, 5) is 0. The van der Waals surface area contributed by atoms with E-state index >= 15 is 0 Å². The summed E-state index contributed by atoms with van der Waals surface area (Å²) in [7, 11) is 0. The molecule has 1 aliphatic carbocycles. The van der Waals surface area contributed by atoms with Crippen molar-refractivity contribution in [1.82, 2.24) is 0 Å². The molecule has 0 radical (unpaired) electrons. The van der Waals surface area contributed by atoms with E-state index in [0.717, 1.165) is 11.8 Å². The van der Waals surface area contributed by atoms with E-state index in [4.69, 9.17) is 5.73 Å². The lowest BCUT2D eigenvalue weighted by Crippen LogP contribution is -2.19. The SMILES string of the molecule is CCC1CCCC(CCC(C)N)C1. The summed E-state index contributed by atoms with van der Waals surface area (Å²) in [6.45, 7) is 4.46. The Bertz CT molecular complexity index is 131. The highest BCUT2D eigenvalue weighted by atomic mass is 14.6. The Hall–Kier alpha value is -0.0400. The second-order valence-electron chi connectivity index (χ2n) is 4.86. The summed E-state index contributed by atoms with van der Waals surface area (Å²) in [5.74, 6) is 2.01. The van der Waals surface area contributed by atoms with Crippen molar-refractivity contribution in [3.63, 3.8) is 0 Å². The maximum atomic E-state index is 5.78. The second-order valence-corrected chi connectivity index (χ2v) is 4.86. The number of rotatable bonds is 4. The highest BCUT2D eigenvalue weighted by Crippen LogP contribution is 2.33. The van der Waals surface area contributed by atoms with Gasteiger partial charge in [0.1, 0.15) is 0 Å². The number of hydrogen-bond acceptors (Lipinski definition) is 1. The van der Waals surface area contributed by atoms with Crippen LogP contribution in [0.2, 0.25) is 0 Å².